The second-order valence-electron chi connectivity index (χ2n) is 4.81. The maximum absolute atomic E-state index is 12.0. The minimum atomic E-state index is 0.395. The summed E-state index contributed by atoms with van der Waals surface area (Å²) in [6.45, 7) is 5.12. The highest BCUT2D eigenvalue weighted by molar-refractivity contribution is 5.77. The Morgan fingerprint density at radius 1 is 1.27 bits per heavy atom. The first kappa shape index (κ1) is 10.9. The van der Waals surface area contributed by atoms with Gasteiger partial charge in [-0.3, -0.25) is 4.79 Å². The number of hydrogen-bond acceptors (Lipinski definition) is 2. The van der Waals surface area contributed by atoms with E-state index in [0.717, 1.165) is 38.9 Å². The zero-order valence-corrected chi connectivity index (χ0v) is 9.67. The van der Waals surface area contributed by atoms with Gasteiger partial charge < -0.3 is 10.2 Å². The van der Waals surface area contributed by atoms with Gasteiger partial charge in [-0.1, -0.05) is 0 Å². The molecule has 0 aromatic heterocycles. The minimum Gasteiger partial charge on any atom is -0.340 e. The monoisotopic (exact) mass is 210 g/mol. The van der Waals surface area contributed by atoms with Gasteiger partial charge in [0.15, 0.2) is 0 Å². The number of amides is 1. The molecule has 0 atom stereocenters. The van der Waals surface area contributed by atoms with E-state index in [2.05, 4.69) is 17.1 Å². The quantitative estimate of drug-likeness (QED) is 0.760. The van der Waals surface area contributed by atoms with Crippen molar-refractivity contribution in [1.82, 2.24) is 10.2 Å². The molecule has 2 fully saturated rings. The summed E-state index contributed by atoms with van der Waals surface area (Å²) < 4.78 is 0. The Morgan fingerprint density at radius 3 is 2.47 bits per heavy atom. The van der Waals surface area contributed by atoms with Crippen molar-refractivity contribution in [3.63, 3.8) is 0 Å². The van der Waals surface area contributed by atoms with E-state index in [0.29, 0.717) is 17.9 Å². The standard InChI is InChI=1S/C12H22N2O/c1-2-14(11-5-7-13-8-6-11)12(15)9-10-3-4-10/h10-11,13H,2-9H2,1H3. The molecule has 3 nitrogen and oxygen atoms in total. The van der Waals surface area contributed by atoms with Crippen molar-refractivity contribution in [3.8, 4) is 0 Å². The molecule has 1 heterocycles. The molecule has 0 bridgehead atoms. The molecule has 1 N–H and O–H groups in total. The van der Waals surface area contributed by atoms with E-state index < -0.39 is 0 Å². The lowest BCUT2D eigenvalue weighted by molar-refractivity contribution is -0.134. The number of hydrogen-bond donors (Lipinski definition) is 1. The Balaban J connectivity index is 1.85. The summed E-state index contributed by atoms with van der Waals surface area (Å²) >= 11 is 0. The Labute approximate surface area is 92.2 Å². The summed E-state index contributed by atoms with van der Waals surface area (Å²) in [5.41, 5.74) is 0. The van der Waals surface area contributed by atoms with Crippen LogP contribution in [0.2, 0.25) is 0 Å². The third-order valence-corrected chi connectivity index (χ3v) is 3.57. The number of nitrogens with zero attached hydrogens (tertiary/aromatic N) is 1. The van der Waals surface area contributed by atoms with Crippen molar-refractivity contribution in [2.24, 2.45) is 5.92 Å². The van der Waals surface area contributed by atoms with Crippen LogP contribution in [0.25, 0.3) is 0 Å². The van der Waals surface area contributed by atoms with Crippen molar-refractivity contribution >= 4 is 5.91 Å². The molecule has 0 aromatic rings. The molecule has 2 aliphatic rings. The van der Waals surface area contributed by atoms with Gasteiger partial charge in [0, 0.05) is 19.0 Å². The third kappa shape index (κ3) is 2.94. The summed E-state index contributed by atoms with van der Waals surface area (Å²) in [5, 5.41) is 3.35. The highest BCUT2D eigenvalue weighted by Crippen LogP contribution is 2.33. The van der Waals surface area contributed by atoms with Crippen LogP contribution >= 0.6 is 0 Å². The maximum atomic E-state index is 12.0. The Hall–Kier alpha value is -0.570. The van der Waals surface area contributed by atoms with Gasteiger partial charge in [0.05, 0.1) is 0 Å². The summed E-state index contributed by atoms with van der Waals surface area (Å²) in [6, 6.07) is 0.502. The molecule has 3 heteroatoms. The van der Waals surface area contributed by atoms with Crippen LogP contribution in [-0.2, 0) is 4.79 Å². The Bertz CT molecular complexity index is 220. The summed E-state index contributed by atoms with van der Waals surface area (Å²) in [6.07, 6.45) is 5.61. The zero-order chi connectivity index (χ0) is 10.7. The number of nitrogens with one attached hydrogen (secondary N) is 1. The molecule has 0 radical (unpaired) electrons. The average molecular weight is 210 g/mol. The van der Waals surface area contributed by atoms with Crippen LogP contribution < -0.4 is 5.32 Å². The molecule has 86 valence electrons. The first-order valence-corrected chi connectivity index (χ1v) is 6.31. The van der Waals surface area contributed by atoms with E-state index >= 15 is 0 Å². The van der Waals surface area contributed by atoms with E-state index in [1.165, 1.54) is 12.8 Å². The average Bonchev–Trinajstić information content (AvgIpc) is 3.04. The second-order valence-corrected chi connectivity index (χ2v) is 4.81. The van der Waals surface area contributed by atoms with Gasteiger partial charge in [-0.2, -0.15) is 0 Å². The molecule has 2 rings (SSSR count). The molecule has 0 unspecified atom stereocenters. The van der Waals surface area contributed by atoms with E-state index in [4.69, 9.17) is 0 Å². The van der Waals surface area contributed by atoms with Crippen LogP contribution in [0.3, 0.4) is 0 Å². The summed E-state index contributed by atoms with van der Waals surface area (Å²) in [5.74, 6) is 1.11. The molecule has 1 saturated carbocycles. The molecular weight excluding hydrogens is 188 g/mol. The van der Waals surface area contributed by atoms with E-state index in [1.54, 1.807) is 0 Å². The highest BCUT2D eigenvalue weighted by Gasteiger charge is 2.29. The fourth-order valence-corrected chi connectivity index (χ4v) is 2.44. The van der Waals surface area contributed by atoms with Gasteiger partial charge in [0.25, 0.3) is 0 Å². The molecular formula is C12H22N2O. The third-order valence-electron chi connectivity index (χ3n) is 3.57. The number of piperidine rings is 1. The van der Waals surface area contributed by atoms with Crippen molar-refractivity contribution < 1.29 is 4.79 Å². The normalized spacial score (nSPS) is 22.7. The molecule has 1 saturated heterocycles. The lowest BCUT2D eigenvalue weighted by atomic mass is 10.0. The lowest BCUT2D eigenvalue weighted by Gasteiger charge is -2.34. The van der Waals surface area contributed by atoms with Crippen LogP contribution in [0.5, 0.6) is 0 Å². The predicted molar refractivity (Wildman–Crippen MR) is 60.6 cm³/mol. The van der Waals surface area contributed by atoms with Crippen LogP contribution in [0, 0.1) is 5.92 Å². The first-order chi connectivity index (χ1) is 7.31. The van der Waals surface area contributed by atoms with Gasteiger partial charge in [-0.25, -0.2) is 0 Å². The van der Waals surface area contributed by atoms with Gasteiger partial charge in [0.2, 0.25) is 5.91 Å². The zero-order valence-electron chi connectivity index (χ0n) is 9.67. The van der Waals surface area contributed by atoms with E-state index in [1.807, 2.05) is 0 Å². The molecule has 1 amide bonds. The molecule has 1 aliphatic heterocycles. The largest absolute Gasteiger partial charge is 0.340 e. The number of carbonyl (C=O) groups is 1. The van der Waals surface area contributed by atoms with E-state index in [-0.39, 0.29) is 0 Å². The van der Waals surface area contributed by atoms with Crippen molar-refractivity contribution in [3.05, 3.63) is 0 Å². The molecule has 1 aliphatic carbocycles. The fraction of sp³-hybridized carbons (Fsp3) is 0.917. The van der Waals surface area contributed by atoms with Crippen LogP contribution in [-0.4, -0.2) is 36.5 Å². The van der Waals surface area contributed by atoms with Crippen LogP contribution in [0.15, 0.2) is 0 Å². The van der Waals surface area contributed by atoms with E-state index in [9.17, 15) is 4.79 Å². The van der Waals surface area contributed by atoms with Gasteiger partial charge in [0.1, 0.15) is 0 Å². The second kappa shape index (κ2) is 4.97. The Morgan fingerprint density at radius 2 is 1.93 bits per heavy atom. The summed E-state index contributed by atoms with van der Waals surface area (Å²) in [7, 11) is 0. The molecule has 0 spiro atoms. The fourth-order valence-electron chi connectivity index (χ4n) is 2.44. The van der Waals surface area contributed by atoms with Gasteiger partial charge >= 0.3 is 0 Å². The number of carbonyl (C=O) groups excluding carboxylic acids is 1. The summed E-state index contributed by atoms with van der Waals surface area (Å²) in [4.78, 5) is 14.1. The molecule has 15 heavy (non-hydrogen) atoms. The maximum Gasteiger partial charge on any atom is 0.223 e. The minimum absolute atomic E-state index is 0.395. The van der Waals surface area contributed by atoms with Crippen molar-refractivity contribution in [2.75, 3.05) is 19.6 Å². The molecule has 0 aromatic carbocycles. The van der Waals surface area contributed by atoms with Crippen molar-refractivity contribution in [1.29, 1.82) is 0 Å². The lowest BCUT2D eigenvalue weighted by Crippen LogP contribution is -2.46. The van der Waals surface area contributed by atoms with Gasteiger partial charge in [-0.05, 0) is 51.6 Å². The number of rotatable bonds is 4. The predicted octanol–water partition coefficient (Wildman–Crippen LogP) is 1.39. The highest BCUT2D eigenvalue weighted by atomic mass is 16.2. The first-order valence-electron chi connectivity index (χ1n) is 6.31. The van der Waals surface area contributed by atoms with Gasteiger partial charge in [-0.15, -0.1) is 0 Å². The smallest absolute Gasteiger partial charge is 0.223 e. The van der Waals surface area contributed by atoms with Crippen LogP contribution in [0.4, 0.5) is 0 Å². The van der Waals surface area contributed by atoms with Crippen molar-refractivity contribution in [2.45, 2.75) is 45.1 Å². The topological polar surface area (TPSA) is 32.3 Å². The van der Waals surface area contributed by atoms with Crippen LogP contribution in [0.1, 0.15) is 39.0 Å². The SMILES string of the molecule is CCN(C(=O)CC1CC1)C1CCNCC1. The Kier molecular flexibility index (Phi) is 3.62.